The lowest BCUT2D eigenvalue weighted by molar-refractivity contribution is 0.161. The summed E-state index contributed by atoms with van der Waals surface area (Å²) in [6, 6.07) is 9.38. The zero-order valence-corrected chi connectivity index (χ0v) is 18.0. The lowest BCUT2D eigenvalue weighted by atomic mass is 9.80. The molecule has 0 aliphatic carbocycles. The van der Waals surface area contributed by atoms with Gasteiger partial charge in [-0.2, -0.15) is 4.39 Å². The number of aromatic nitrogens is 2. The third-order valence-electron chi connectivity index (χ3n) is 6.27. The van der Waals surface area contributed by atoms with Gasteiger partial charge in [0.15, 0.2) is 11.3 Å². The maximum Gasteiger partial charge on any atom is 0.283 e. The molecule has 3 aliphatic heterocycles. The second kappa shape index (κ2) is 7.38. The Kier molecular flexibility index (Phi) is 4.45. The van der Waals surface area contributed by atoms with Gasteiger partial charge in [0.1, 0.15) is 12.4 Å². The smallest absolute Gasteiger partial charge is 0.283 e. The van der Waals surface area contributed by atoms with Crippen molar-refractivity contribution in [2.45, 2.75) is 18.9 Å². The van der Waals surface area contributed by atoms with Crippen molar-refractivity contribution >= 4 is 11.6 Å². The summed E-state index contributed by atoms with van der Waals surface area (Å²) in [7, 11) is 0. The lowest BCUT2D eigenvalue weighted by Gasteiger charge is -2.34. The highest BCUT2D eigenvalue weighted by Crippen LogP contribution is 2.52. The minimum atomic E-state index is -0.917. The van der Waals surface area contributed by atoms with Crippen molar-refractivity contribution in [2.75, 3.05) is 19.8 Å². The molecule has 7 nitrogen and oxygen atoms in total. The van der Waals surface area contributed by atoms with Gasteiger partial charge in [-0.3, -0.25) is 4.98 Å². The standard InChI is InChI=1S/C25H21FN4O3/c1-14-8-17(23(26)29-11-14)16-2-3-21-18(9-16)25(13-32-24(27)30-25)19-10-20(28-12-22(19)33-21)15-4-6-31-7-5-15/h2-4,8-12H,5-7,13H2,1H3,(H2,27,30). The molecule has 2 N–H and O–H groups in total. The zero-order chi connectivity index (χ0) is 22.6. The highest BCUT2D eigenvalue weighted by molar-refractivity contribution is 5.78. The van der Waals surface area contributed by atoms with Crippen LogP contribution in [0, 0.1) is 12.9 Å². The number of fused-ring (bicyclic) bond motifs is 4. The molecule has 0 amide bonds. The van der Waals surface area contributed by atoms with Crippen LogP contribution in [0.4, 0.5) is 4.39 Å². The van der Waals surface area contributed by atoms with Crippen LogP contribution >= 0.6 is 0 Å². The van der Waals surface area contributed by atoms with E-state index in [1.165, 1.54) is 6.20 Å². The van der Waals surface area contributed by atoms with Gasteiger partial charge in [-0.1, -0.05) is 12.1 Å². The van der Waals surface area contributed by atoms with E-state index in [1.54, 1.807) is 12.3 Å². The van der Waals surface area contributed by atoms with Crippen LogP contribution in [-0.2, 0) is 15.0 Å². The molecule has 3 aromatic rings. The highest BCUT2D eigenvalue weighted by atomic mass is 19.1. The van der Waals surface area contributed by atoms with Gasteiger partial charge in [0.25, 0.3) is 6.02 Å². The van der Waals surface area contributed by atoms with E-state index in [2.05, 4.69) is 9.97 Å². The summed E-state index contributed by atoms with van der Waals surface area (Å²) in [5, 5.41) is 0. The first-order valence-electron chi connectivity index (χ1n) is 10.7. The number of halogens is 1. The summed E-state index contributed by atoms with van der Waals surface area (Å²) < 4.78 is 31.9. The molecule has 3 aliphatic rings. The predicted octanol–water partition coefficient (Wildman–Crippen LogP) is 4.09. The van der Waals surface area contributed by atoms with Crippen LogP contribution in [0.15, 0.2) is 53.8 Å². The minimum Gasteiger partial charge on any atom is -0.462 e. The second-order valence-electron chi connectivity index (χ2n) is 8.38. The van der Waals surface area contributed by atoms with Crippen molar-refractivity contribution < 1.29 is 18.6 Å². The number of nitrogens with two attached hydrogens (primary N) is 1. The van der Waals surface area contributed by atoms with E-state index in [1.807, 2.05) is 37.3 Å². The monoisotopic (exact) mass is 444 g/mol. The van der Waals surface area contributed by atoms with Crippen molar-refractivity contribution in [2.24, 2.45) is 10.7 Å². The summed E-state index contributed by atoms with van der Waals surface area (Å²) in [5.74, 6) is 0.668. The maximum absolute atomic E-state index is 14.6. The molecule has 1 unspecified atom stereocenters. The molecular weight excluding hydrogens is 423 g/mol. The first kappa shape index (κ1) is 19.9. The van der Waals surface area contributed by atoms with E-state index in [4.69, 9.17) is 24.9 Å². The minimum absolute atomic E-state index is 0.103. The van der Waals surface area contributed by atoms with Crippen LogP contribution in [0.3, 0.4) is 0 Å². The first-order chi connectivity index (χ1) is 16.0. The average Bonchev–Trinajstić information content (AvgIpc) is 3.23. The lowest BCUT2D eigenvalue weighted by Crippen LogP contribution is -2.31. The van der Waals surface area contributed by atoms with Gasteiger partial charge < -0.3 is 19.9 Å². The predicted molar refractivity (Wildman–Crippen MR) is 120 cm³/mol. The molecule has 0 radical (unpaired) electrons. The maximum atomic E-state index is 14.6. The van der Waals surface area contributed by atoms with Crippen LogP contribution < -0.4 is 10.5 Å². The number of amidine groups is 1. The van der Waals surface area contributed by atoms with Gasteiger partial charge in [-0.15, -0.1) is 0 Å². The fourth-order valence-electron chi connectivity index (χ4n) is 4.62. The number of rotatable bonds is 2. The molecule has 33 heavy (non-hydrogen) atoms. The Morgan fingerprint density at radius 1 is 1.06 bits per heavy atom. The van der Waals surface area contributed by atoms with E-state index in [-0.39, 0.29) is 12.6 Å². The van der Waals surface area contributed by atoms with Crippen LogP contribution in [0.1, 0.15) is 28.8 Å². The number of pyridine rings is 2. The van der Waals surface area contributed by atoms with Crippen molar-refractivity contribution in [1.29, 1.82) is 0 Å². The Hall–Kier alpha value is -3.78. The van der Waals surface area contributed by atoms with Gasteiger partial charge in [-0.05, 0) is 54.3 Å². The number of ether oxygens (including phenoxy) is 3. The molecule has 5 heterocycles. The summed E-state index contributed by atoms with van der Waals surface area (Å²) >= 11 is 0. The van der Waals surface area contributed by atoms with E-state index < -0.39 is 11.5 Å². The summed E-state index contributed by atoms with van der Waals surface area (Å²) in [6.45, 7) is 3.31. The van der Waals surface area contributed by atoms with Crippen LogP contribution in [0.2, 0.25) is 0 Å². The number of hydrogen-bond acceptors (Lipinski definition) is 7. The molecule has 1 spiro atoms. The molecule has 1 aromatic carbocycles. The molecule has 8 heteroatoms. The number of benzene rings is 1. The molecule has 1 atom stereocenters. The van der Waals surface area contributed by atoms with Crippen LogP contribution in [-0.4, -0.2) is 35.8 Å². The quantitative estimate of drug-likeness (QED) is 0.599. The molecule has 0 saturated heterocycles. The topological polar surface area (TPSA) is 91.9 Å². The number of hydrogen-bond donors (Lipinski definition) is 1. The Morgan fingerprint density at radius 2 is 1.94 bits per heavy atom. The second-order valence-corrected chi connectivity index (χ2v) is 8.38. The highest BCUT2D eigenvalue weighted by Gasteiger charge is 2.47. The van der Waals surface area contributed by atoms with Crippen molar-refractivity contribution in [3.63, 3.8) is 0 Å². The normalized spacial score (nSPS) is 20.9. The number of nitrogens with zero attached hydrogens (tertiary/aromatic N) is 3. The summed E-state index contributed by atoms with van der Waals surface area (Å²) in [5.41, 5.74) is 10.6. The fraction of sp³-hybridized carbons (Fsp3) is 0.240. The van der Waals surface area contributed by atoms with Gasteiger partial charge in [0, 0.05) is 22.9 Å². The van der Waals surface area contributed by atoms with Gasteiger partial charge in [0.2, 0.25) is 5.95 Å². The fourth-order valence-corrected chi connectivity index (χ4v) is 4.62. The Morgan fingerprint density at radius 3 is 2.73 bits per heavy atom. The van der Waals surface area contributed by atoms with E-state index in [0.717, 1.165) is 34.4 Å². The number of aryl methyl sites for hydroxylation is 1. The molecule has 6 rings (SSSR count). The van der Waals surface area contributed by atoms with E-state index >= 15 is 0 Å². The van der Waals surface area contributed by atoms with E-state index in [0.29, 0.717) is 35.8 Å². The third kappa shape index (κ3) is 3.17. The molecule has 2 aromatic heterocycles. The molecule has 166 valence electrons. The third-order valence-corrected chi connectivity index (χ3v) is 6.27. The average molecular weight is 444 g/mol. The van der Waals surface area contributed by atoms with Crippen LogP contribution in [0.5, 0.6) is 11.5 Å². The van der Waals surface area contributed by atoms with Gasteiger partial charge in [0.05, 0.1) is 25.1 Å². The van der Waals surface area contributed by atoms with Crippen molar-refractivity contribution in [3.8, 4) is 22.6 Å². The Labute approximate surface area is 189 Å². The molecule has 0 bridgehead atoms. The van der Waals surface area contributed by atoms with Gasteiger partial charge in [-0.25, -0.2) is 9.98 Å². The summed E-state index contributed by atoms with van der Waals surface area (Å²) in [4.78, 5) is 13.2. The first-order valence-corrected chi connectivity index (χ1v) is 10.7. The molecular formula is C25H21FN4O3. The van der Waals surface area contributed by atoms with Crippen molar-refractivity contribution in [3.05, 3.63) is 77.1 Å². The van der Waals surface area contributed by atoms with Crippen LogP contribution in [0.25, 0.3) is 16.7 Å². The number of aliphatic imine (C=N–C) groups is 1. The SMILES string of the molecule is Cc1cnc(F)c(-c2ccc3c(c2)C2(COC(N)=N2)c2cc(C4=CCOCC4)ncc2O3)c1. The largest absolute Gasteiger partial charge is 0.462 e. The summed E-state index contributed by atoms with van der Waals surface area (Å²) in [6.07, 6.45) is 6.04. The van der Waals surface area contributed by atoms with Gasteiger partial charge >= 0.3 is 0 Å². The van der Waals surface area contributed by atoms with E-state index in [9.17, 15) is 4.39 Å². The Bertz CT molecular complexity index is 1350. The van der Waals surface area contributed by atoms with Crippen molar-refractivity contribution in [1.82, 2.24) is 9.97 Å². The molecule has 0 saturated carbocycles. The zero-order valence-electron chi connectivity index (χ0n) is 18.0. The molecule has 0 fully saturated rings. The Balaban J connectivity index is 1.54.